The summed E-state index contributed by atoms with van der Waals surface area (Å²) in [5.41, 5.74) is 4.89. The fourth-order valence-electron chi connectivity index (χ4n) is 4.33. The topological polar surface area (TPSA) is 67.8 Å². The van der Waals surface area contributed by atoms with Crippen LogP contribution in [0.25, 0.3) is 0 Å². The van der Waals surface area contributed by atoms with Crippen molar-refractivity contribution >= 4 is 17.7 Å². The third-order valence-electron chi connectivity index (χ3n) is 6.07. The van der Waals surface area contributed by atoms with Crippen LogP contribution >= 0.6 is 11.8 Å². The Labute approximate surface area is 204 Å². The second-order valence-corrected chi connectivity index (χ2v) is 9.58. The third kappa shape index (κ3) is 5.18. The van der Waals surface area contributed by atoms with Crippen molar-refractivity contribution in [3.05, 3.63) is 76.6 Å². The van der Waals surface area contributed by atoms with E-state index in [0.717, 1.165) is 58.8 Å². The van der Waals surface area contributed by atoms with Gasteiger partial charge in [0.1, 0.15) is 0 Å². The Bertz CT molecular complexity index is 1170. The van der Waals surface area contributed by atoms with E-state index in [-0.39, 0.29) is 12.7 Å². The minimum atomic E-state index is 0.0975. The van der Waals surface area contributed by atoms with Crippen LogP contribution in [-0.2, 0) is 12.3 Å². The van der Waals surface area contributed by atoms with Gasteiger partial charge >= 0.3 is 0 Å². The van der Waals surface area contributed by atoms with Crippen LogP contribution in [0, 0.1) is 13.8 Å². The van der Waals surface area contributed by atoms with E-state index in [9.17, 15) is 4.79 Å². The van der Waals surface area contributed by atoms with Crippen molar-refractivity contribution in [2.24, 2.45) is 0 Å². The van der Waals surface area contributed by atoms with Crippen molar-refractivity contribution in [1.82, 2.24) is 19.8 Å². The predicted molar refractivity (Wildman–Crippen MR) is 131 cm³/mol. The van der Waals surface area contributed by atoms with Crippen LogP contribution in [0.15, 0.2) is 53.7 Å². The molecule has 8 heteroatoms. The van der Waals surface area contributed by atoms with Crippen LogP contribution in [0.3, 0.4) is 0 Å². The minimum Gasteiger partial charge on any atom is -0.454 e. The lowest BCUT2D eigenvalue weighted by Crippen LogP contribution is -2.48. The Hall–Kier alpha value is -3.10. The number of piperazine rings is 1. The van der Waals surface area contributed by atoms with Crippen molar-refractivity contribution < 1.29 is 14.3 Å². The maximum Gasteiger partial charge on any atom is 0.254 e. The lowest BCUT2D eigenvalue weighted by Gasteiger charge is -2.35. The number of fused-ring (bicyclic) bond motifs is 1. The Morgan fingerprint density at radius 3 is 2.47 bits per heavy atom. The number of carbonyl (C=O) groups excluding carboxylic acids is 1. The number of hydrogen-bond acceptors (Lipinski definition) is 7. The number of amides is 1. The summed E-state index contributed by atoms with van der Waals surface area (Å²) in [5.74, 6) is 2.38. The van der Waals surface area contributed by atoms with E-state index in [1.54, 1.807) is 11.8 Å². The SMILES string of the molecule is Cc1cc(C)nc(SCc2ccccc2C(=O)N2CCN(Cc3ccc4c(c3)OCO4)CC2)n1. The summed E-state index contributed by atoms with van der Waals surface area (Å²) < 4.78 is 10.9. The van der Waals surface area contributed by atoms with E-state index >= 15 is 0 Å². The van der Waals surface area contributed by atoms with Gasteiger partial charge in [0.2, 0.25) is 6.79 Å². The van der Waals surface area contributed by atoms with Crippen LogP contribution in [0.4, 0.5) is 0 Å². The molecule has 0 unspecified atom stereocenters. The Balaban J connectivity index is 1.19. The quantitative estimate of drug-likeness (QED) is 0.392. The molecule has 0 atom stereocenters. The zero-order valence-corrected chi connectivity index (χ0v) is 20.3. The number of benzene rings is 2. The average molecular weight is 477 g/mol. The number of aryl methyl sites for hydroxylation is 2. The molecule has 7 nitrogen and oxygen atoms in total. The van der Waals surface area contributed by atoms with Crippen LogP contribution < -0.4 is 9.47 Å². The molecule has 1 saturated heterocycles. The van der Waals surface area contributed by atoms with Crippen molar-refractivity contribution in [3.63, 3.8) is 0 Å². The average Bonchev–Trinajstić information content (AvgIpc) is 3.30. The lowest BCUT2D eigenvalue weighted by atomic mass is 10.1. The number of carbonyl (C=O) groups is 1. The standard InChI is InChI=1S/C26H28N4O3S/c1-18-13-19(2)28-26(27-18)34-16-21-5-3-4-6-22(21)25(31)30-11-9-29(10-12-30)15-20-7-8-23-24(14-20)33-17-32-23/h3-8,13-14H,9-12,15-17H2,1-2H3. The van der Waals surface area contributed by atoms with Gasteiger partial charge < -0.3 is 14.4 Å². The lowest BCUT2D eigenvalue weighted by molar-refractivity contribution is 0.0627. The molecule has 2 aromatic carbocycles. The summed E-state index contributed by atoms with van der Waals surface area (Å²) >= 11 is 1.57. The highest BCUT2D eigenvalue weighted by molar-refractivity contribution is 7.98. The van der Waals surface area contributed by atoms with Gasteiger partial charge in [-0.2, -0.15) is 0 Å². The molecule has 1 amide bonds. The van der Waals surface area contributed by atoms with E-state index in [2.05, 4.69) is 20.9 Å². The van der Waals surface area contributed by atoms with Crippen molar-refractivity contribution in [3.8, 4) is 11.5 Å². The van der Waals surface area contributed by atoms with Gasteiger partial charge in [-0.05, 0) is 49.2 Å². The number of thioether (sulfide) groups is 1. The van der Waals surface area contributed by atoms with E-state index in [0.29, 0.717) is 18.8 Å². The number of aromatic nitrogens is 2. The largest absolute Gasteiger partial charge is 0.454 e. The van der Waals surface area contributed by atoms with Crippen LogP contribution in [0.5, 0.6) is 11.5 Å². The number of nitrogens with zero attached hydrogens (tertiary/aromatic N) is 4. The predicted octanol–water partition coefficient (Wildman–Crippen LogP) is 4.07. The van der Waals surface area contributed by atoms with Crippen LogP contribution in [0.1, 0.15) is 32.9 Å². The zero-order chi connectivity index (χ0) is 23.5. The summed E-state index contributed by atoms with van der Waals surface area (Å²) in [5, 5.41) is 0.747. The van der Waals surface area contributed by atoms with Gasteiger partial charge in [-0.15, -0.1) is 0 Å². The Kier molecular flexibility index (Phi) is 6.69. The second-order valence-electron chi connectivity index (χ2n) is 8.64. The molecule has 34 heavy (non-hydrogen) atoms. The first-order valence-corrected chi connectivity index (χ1v) is 12.5. The van der Waals surface area contributed by atoms with Gasteiger partial charge in [0.05, 0.1) is 0 Å². The molecule has 0 spiro atoms. The summed E-state index contributed by atoms with van der Waals surface area (Å²) in [7, 11) is 0. The fourth-order valence-corrected chi connectivity index (χ4v) is 5.29. The van der Waals surface area contributed by atoms with Crippen molar-refractivity contribution in [2.45, 2.75) is 31.3 Å². The van der Waals surface area contributed by atoms with Gasteiger partial charge in [0, 0.05) is 55.4 Å². The van der Waals surface area contributed by atoms with Gasteiger partial charge in [-0.3, -0.25) is 9.69 Å². The zero-order valence-electron chi connectivity index (χ0n) is 19.5. The van der Waals surface area contributed by atoms with E-state index in [1.807, 2.05) is 61.2 Å². The molecule has 1 fully saturated rings. The Morgan fingerprint density at radius 1 is 0.941 bits per heavy atom. The van der Waals surface area contributed by atoms with Crippen LogP contribution in [0.2, 0.25) is 0 Å². The third-order valence-corrected chi connectivity index (χ3v) is 6.97. The monoisotopic (exact) mass is 476 g/mol. The van der Waals surface area contributed by atoms with Gasteiger partial charge in [0.25, 0.3) is 5.91 Å². The molecule has 2 aliphatic rings. The number of hydrogen-bond donors (Lipinski definition) is 0. The molecule has 0 saturated carbocycles. The molecule has 5 rings (SSSR count). The van der Waals surface area contributed by atoms with E-state index in [4.69, 9.17) is 9.47 Å². The molecular weight excluding hydrogens is 448 g/mol. The minimum absolute atomic E-state index is 0.0975. The molecule has 176 valence electrons. The maximum absolute atomic E-state index is 13.4. The maximum atomic E-state index is 13.4. The molecule has 0 radical (unpaired) electrons. The second kappa shape index (κ2) is 10.0. The molecule has 3 heterocycles. The first kappa shape index (κ1) is 22.7. The van der Waals surface area contributed by atoms with E-state index < -0.39 is 0 Å². The van der Waals surface area contributed by atoms with Crippen molar-refractivity contribution in [1.29, 1.82) is 0 Å². The fraction of sp³-hybridized carbons (Fsp3) is 0.346. The van der Waals surface area contributed by atoms with Crippen LogP contribution in [-0.4, -0.2) is 58.6 Å². The highest BCUT2D eigenvalue weighted by Crippen LogP contribution is 2.33. The highest BCUT2D eigenvalue weighted by atomic mass is 32.2. The normalized spacial score (nSPS) is 15.5. The van der Waals surface area contributed by atoms with Crippen molar-refractivity contribution in [2.75, 3.05) is 33.0 Å². The first-order valence-electron chi connectivity index (χ1n) is 11.5. The van der Waals surface area contributed by atoms with E-state index in [1.165, 1.54) is 5.56 Å². The summed E-state index contributed by atoms with van der Waals surface area (Å²) in [6, 6.07) is 15.9. The molecule has 2 aliphatic heterocycles. The molecular formula is C26H28N4O3S. The molecule has 3 aromatic rings. The summed E-state index contributed by atoms with van der Waals surface area (Å²) in [6.45, 7) is 8.18. The molecule has 0 aliphatic carbocycles. The first-order chi connectivity index (χ1) is 16.5. The number of ether oxygens (including phenoxy) is 2. The molecule has 0 bridgehead atoms. The Morgan fingerprint density at radius 2 is 1.68 bits per heavy atom. The number of rotatable bonds is 6. The summed E-state index contributed by atoms with van der Waals surface area (Å²) in [6.07, 6.45) is 0. The molecule has 1 aromatic heterocycles. The molecule has 0 N–H and O–H groups in total. The van der Waals surface area contributed by atoms with Gasteiger partial charge in [-0.25, -0.2) is 9.97 Å². The smallest absolute Gasteiger partial charge is 0.254 e. The van der Waals surface area contributed by atoms with Gasteiger partial charge in [0.15, 0.2) is 16.7 Å². The van der Waals surface area contributed by atoms with Gasteiger partial charge in [-0.1, -0.05) is 36.0 Å². The highest BCUT2D eigenvalue weighted by Gasteiger charge is 2.24. The summed E-state index contributed by atoms with van der Waals surface area (Å²) in [4.78, 5) is 26.7.